The summed E-state index contributed by atoms with van der Waals surface area (Å²) in [5.41, 5.74) is 3.97. The molecule has 20 heavy (non-hydrogen) atoms. The molecule has 1 aliphatic rings. The van der Waals surface area contributed by atoms with Crippen LogP contribution in [-0.4, -0.2) is 23.1 Å². The van der Waals surface area contributed by atoms with E-state index in [0.29, 0.717) is 6.61 Å². The summed E-state index contributed by atoms with van der Waals surface area (Å²) in [6.45, 7) is 1.51. The standard InChI is InChI=1S/C15H12BrN3O/c16-9-4-5-11-13(8-9)19-15(18-11)10-2-1-3-12-14(10)20-7-6-17-12/h1-5,8,17H,6-7H2,(H,18,19). The van der Waals surface area contributed by atoms with Crippen LogP contribution in [0.5, 0.6) is 5.75 Å². The van der Waals surface area contributed by atoms with E-state index in [4.69, 9.17) is 4.74 Å². The van der Waals surface area contributed by atoms with Gasteiger partial charge in [-0.25, -0.2) is 4.98 Å². The Labute approximate surface area is 124 Å². The van der Waals surface area contributed by atoms with Crippen LogP contribution in [0.1, 0.15) is 0 Å². The molecule has 2 N–H and O–H groups in total. The number of rotatable bonds is 1. The lowest BCUT2D eigenvalue weighted by molar-refractivity contribution is 0.324. The Morgan fingerprint density at radius 1 is 1.20 bits per heavy atom. The van der Waals surface area contributed by atoms with Crippen LogP contribution < -0.4 is 10.1 Å². The molecule has 0 bridgehead atoms. The smallest absolute Gasteiger partial charge is 0.153 e. The molecule has 2 aromatic carbocycles. The Morgan fingerprint density at radius 2 is 2.15 bits per heavy atom. The van der Waals surface area contributed by atoms with Gasteiger partial charge >= 0.3 is 0 Å². The number of aromatic amines is 1. The van der Waals surface area contributed by atoms with Crippen LogP contribution in [0.4, 0.5) is 5.69 Å². The zero-order valence-electron chi connectivity index (χ0n) is 10.6. The lowest BCUT2D eigenvalue weighted by Crippen LogP contribution is -2.18. The number of nitrogens with one attached hydrogen (secondary N) is 2. The molecule has 0 aliphatic carbocycles. The summed E-state index contributed by atoms with van der Waals surface area (Å²) in [5, 5.41) is 3.34. The van der Waals surface area contributed by atoms with Crippen molar-refractivity contribution < 1.29 is 4.74 Å². The minimum absolute atomic E-state index is 0.676. The van der Waals surface area contributed by atoms with Crippen LogP contribution in [0.2, 0.25) is 0 Å². The van der Waals surface area contributed by atoms with E-state index in [1.165, 1.54) is 0 Å². The van der Waals surface area contributed by atoms with Gasteiger partial charge in [-0.05, 0) is 30.3 Å². The van der Waals surface area contributed by atoms with E-state index in [1.807, 2.05) is 36.4 Å². The van der Waals surface area contributed by atoms with Crippen molar-refractivity contribution in [2.75, 3.05) is 18.5 Å². The molecule has 1 aromatic heterocycles. The van der Waals surface area contributed by atoms with Gasteiger partial charge < -0.3 is 15.0 Å². The molecule has 5 heteroatoms. The second kappa shape index (κ2) is 4.52. The summed E-state index contributed by atoms with van der Waals surface area (Å²) < 4.78 is 6.83. The summed E-state index contributed by atoms with van der Waals surface area (Å²) in [6, 6.07) is 12.1. The predicted molar refractivity (Wildman–Crippen MR) is 83.2 cm³/mol. The van der Waals surface area contributed by atoms with Gasteiger partial charge in [-0.3, -0.25) is 0 Å². The highest BCUT2D eigenvalue weighted by molar-refractivity contribution is 9.10. The summed E-state index contributed by atoms with van der Waals surface area (Å²) in [6.07, 6.45) is 0. The molecule has 4 nitrogen and oxygen atoms in total. The molecular weight excluding hydrogens is 318 g/mol. The first-order valence-electron chi connectivity index (χ1n) is 6.46. The van der Waals surface area contributed by atoms with Gasteiger partial charge in [0.25, 0.3) is 0 Å². The lowest BCUT2D eigenvalue weighted by atomic mass is 10.1. The summed E-state index contributed by atoms with van der Waals surface area (Å²) >= 11 is 3.48. The van der Waals surface area contributed by atoms with Crippen LogP contribution in [0.3, 0.4) is 0 Å². The van der Waals surface area contributed by atoms with Crippen LogP contribution >= 0.6 is 15.9 Å². The highest BCUT2D eigenvalue weighted by Crippen LogP contribution is 2.37. The van der Waals surface area contributed by atoms with Gasteiger partial charge in [0.1, 0.15) is 12.4 Å². The minimum Gasteiger partial charge on any atom is -0.489 e. The quantitative estimate of drug-likeness (QED) is 0.714. The molecule has 100 valence electrons. The summed E-state index contributed by atoms with van der Waals surface area (Å²) in [4.78, 5) is 8.00. The number of para-hydroxylation sites is 1. The topological polar surface area (TPSA) is 49.9 Å². The zero-order chi connectivity index (χ0) is 13.5. The van der Waals surface area contributed by atoms with Crippen LogP contribution in [-0.2, 0) is 0 Å². The third-order valence-electron chi connectivity index (χ3n) is 3.38. The van der Waals surface area contributed by atoms with Crippen LogP contribution in [0.15, 0.2) is 40.9 Å². The molecule has 0 amide bonds. The average Bonchev–Trinajstić information content (AvgIpc) is 2.89. The molecule has 0 saturated carbocycles. The van der Waals surface area contributed by atoms with Gasteiger partial charge in [0.05, 0.1) is 22.3 Å². The second-order valence-corrected chi connectivity index (χ2v) is 5.62. The maximum atomic E-state index is 5.80. The van der Waals surface area contributed by atoms with Crippen molar-refractivity contribution in [3.63, 3.8) is 0 Å². The second-order valence-electron chi connectivity index (χ2n) is 4.70. The lowest BCUT2D eigenvalue weighted by Gasteiger charge is -2.20. The number of hydrogen-bond acceptors (Lipinski definition) is 3. The summed E-state index contributed by atoms with van der Waals surface area (Å²) in [5.74, 6) is 1.70. The predicted octanol–water partition coefficient (Wildman–Crippen LogP) is 3.80. The van der Waals surface area contributed by atoms with E-state index in [9.17, 15) is 0 Å². The molecular formula is C15H12BrN3O. The molecule has 0 fully saturated rings. The van der Waals surface area contributed by atoms with E-state index in [0.717, 1.165) is 44.9 Å². The number of fused-ring (bicyclic) bond motifs is 2. The number of benzene rings is 2. The first-order chi connectivity index (χ1) is 9.81. The fourth-order valence-electron chi connectivity index (χ4n) is 2.47. The van der Waals surface area contributed by atoms with Crippen molar-refractivity contribution in [3.8, 4) is 17.1 Å². The number of ether oxygens (including phenoxy) is 1. The van der Waals surface area contributed by atoms with Crippen molar-refractivity contribution in [1.29, 1.82) is 0 Å². The highest BCUT2D eigenvalue weighted by atomic mass is 79.9. The first kappa shape index (κ1) is 11.8. The van der Waals surface area contributed by atoms with E-state index in [1.54, 1.807) is 0 Å². The molecule has 0 spiro atoms. The van der Waals surface area contributed by atoms with Gasteiger partial charge in [-0.1, -0.05) is 22.0 Å². The van der Waals surface area contributed by atoms with E-state index < -0.39 is 0 Å². The molecule has 2 heterocycles. The minimum atomic E-state index is 0.676. The Balaban J connectivity index is 1.90. The van der Waals surface area contributed by atoms with Crippen molar-refractivity contribution in [2.45, 2.75) is 0 Å². The zero-order valence-corrected chi connectivity index (χ0v) is 12.2. The number of anilines is 1. The van der Waals surface area contributed by atoms with Crippen LogP contribution in [0.25, 0.3) is 22.4 Å². The Morgan fingerprint density at radius 3 is 3.10 bits per heavy atom. The third kappa shape index (κ3) is 1.86. The van der Waals surface area contributed by atoms with Crippen molar-refractivity contribution in [1.82, 2.24) is 9.97 Å². The SMILES string of the molecule is Brc1ccc2nc(-c3cccc4c3OCCN4)[nH]c2c1. The largest absolute Gasteiger partial charge is 0.489 e. The number of H-pyrrole nitrogens is 1. The van der Waals surface area contributed by atoms with Gasteiger partial charge in [0.15, 0.2) is 5.75 Å². The van der Waals surface area contributed by atoms with Crippen LogP contribution in [0, 0.1) is 0 Å². The van der Waals surface area contributed by atoms with Gasteiger partial charge in [0, 0.05) is 11.0 Å². The molecule has 3 aromatic rings. The van der Waals surface area contributed by atoms with Gasteiger partial charge in [-0.2, -0.15) is 0 Å². The van der Waals surface area contributed by atoms with E-state index in [2.05, 4.69) is 31.2 Å². The Kier molecular flexibility index (Phi) is 2.67. The normalized spacial score (nSPS) is 13.7. The highest BCUT2D eigenvalue weighted by Gasteiger charge is 2.17. The maximum Gasteiger partial charge on any atom is 0.153 e. The fourth-order valence-corrected chi connectivity index (χ4v) is 2.83. The van der Waals surface area contributed by atoms with Gasteiger partial charge in [0.2, 0.25) is 0 Å². The maximum absolute atomic E-state index is 5.80. The average molecular weight is 330 g/mol. The van der Waals surface area contributed by atoms with E-state index >= 15 is 0 Å². The van der Waals surface area contributed by atoms with E-state index in [-0.39, 0.29) is 0 Å². The van der Waals surface area contributed by atoms with Crippen molar-refractivity contribution in [3.05, 3.63) is 40.9 Å². The van der Waals surface area contributed by atoms with Crippen molar-refractivity contribution >= 4 is 32.7 Å². The monoisotopic (exact) mass is 329 g/mol. The Hall–Kier alpha value is -2.01. The fraction of sp³-hybridized carbons (Fsp3) is 0.133. The molecule has 0 saturated heterocycles. The Bertz CT molecular complexity index is 797. The molecule has 0 radical (unpaired) electrons. The third-order valence-corrected chi connectivity index (χ3v) is 3.87. The number of nitrogens with zero attached hydrogens (tertiary/aromatic N) is 1. The number of hydrogen-bond donors (Lipinski definition) is 2. The first-order valence-corrected chi connectivity index (χ1v) is 7.26. The number of aromatic nitrogens is 2. The number of halogens is 1. The summed E-state index contributed by atoms with van der Waals surface area (Å²) in [7, 11) is 0. The number of imidazole rings is 1. The molecule has 1 aliphatic heterocycles. The molecule has 0 atom stereocenters. The van der Waals surface area contributed by atoms with Crippen molar-refractivity contribution in [2.24, 2.45) is 0 Å². The molecule has 0 unspecified atom stereocenters. The van der Waals surface area contributed by atoms with Gasteiger partial charge in [-0.15, -0.1) is 0 Å². The molecule has 4 rings (SSSR count).